The Kier molecular flexibility index (Phi) is 9.63. The highest BCUT2D eigenvalue weighted by Gasteiger charge is 2.27. The van der Waals surface area contributed by atoms with E-state index in [1.165, 1.54) is 36.7 Å². The van der Waals surface area contributed by atoms with Crippen molar-refractivity contribution in [1.82, 2.24) is 9.97 Å². The average molecular weight is 738 g/mol. The van der Waals surface area contributed by atoms with E-state index in [4.69, 9.17) is 0 Å². The molecule has 2 fully saturated rings. The molecule has 2 saturated carbocycles. The highest BCUT2D eigenvalue weighted by molar-refractivity contribution is 9.10. The number of hydrogen-bond acceptors (Lipinski definition) is 8. The molecule has 0 spiro atoms. The number of aromatic nitrogens is 2. The Morgan fingerprint density at radius 1 is 0.705 bits per heavy atom. The maximum atomic E-state index is 13.6. The Morgan fingerprint density at radius 2 is 1.09 bits per heavy atom. The van der Waals surface area contributed by atoms with Crippen molar-refractivity contribution >= 4 is 77.0 Å². The fourth-order valence-corrected chi connectivity index (χ4v) is 6.28. The van der Waals surface area contributed by atoms with Gasteiger partial charge in [0.1, 0.15) is 22.8 Å². The molecule has 2 aromatic heterocycles. The van der Waals surface area contributed by atoms with E-state index in [1.54, 1.807) is 0 Å². The number of carboxylic acids is 2. The third-order valence-electron chi connectivity index (χ3n) is 7.79. The number of carbonyl (C=O) groups is 2. The lowest BCUT2D eigenvalue weighted by atomic mass is 10.1. The summed E-state index contributed by atoms with van der Waals surface area (Å²) >= 11 is 6.23. The molecule has 6 rings (SSSR count). The van der Waals surface area contributed by atoms with Gasteiger partial charge in [-0.15, -0.1) is 0 Å². The van der Waals surface area contributed by atoms with Crippen molar-refractivity contribution in [3.05, 3.63) is 68.4 Å². The van der Waals surface area contributed by atoms with Gasteiger partial charge >= 0.3 is 11.9 Å². The number of pyridine rings is 2. The van der Waals surface area contributed by atoms with Gasteiger partial charge in [-0.3, -0.25) is 9.97 Å². The summed E-state index contributed by atoms with van der Waals surface area (Å²) in [5.41, 5.74) is 1.66. The van der Waals surface area contributed by atoms with Crippen molar-refractivity contribution in [3.63, 3.8) is 0 Å². The zero-order valence-electron chi connectivity index (χ0n) is 23.0. The Bertz CT molecular complexity index is 1630. The largest absolute Gasteiger partial charge is 0.478 e. The van der Waals surface area contributed by atoms with Gasteiger partial charge in [0, 0.05) is 47.4 Å². The summed E-state index contributed by atoms with van der Waals surface area (Å²) in [5, 5.41) is 45.4. The lowest BCUT2D eigenvalue weighted by Crippen LogP contribution is -2.19. The van der Waals surface area contributed by atoms with Crippen molar-refractivity contribution < 1.29 is 38.8 Å². The van der Waals surface area contributed by atoms with Gasteiger partial charge in [-0.1, -0.05) is 0 Å². The minimum atomic E-state index is -1.10. The van der Waals surface area contributed by atoms with E-state index in [1.807, 2.05) is 0 Å². The molecule has 6 N–H and O–H groups in total. The molecule has 0 radical (unpaired) electrons. The van der Waals surface area contributed by atoms with Gasteiger partial charge in [0.25, 0.3) is 0 Å². The molecule has 4 aromatic rings. The van der Waals surface area contributed by atoms with Crippen LogP contribution in [-0.4, -0.2) is 66.6 Å². The minimum absolute atomic E-state index is 0.0115. The molecule has 232 valence electrons. The molecule has 2 aliphatic carbocycles. The van der Waals surface area contributed by atoms with Crippen LogP contribution in [-0.2, 0) is 0 Å². The number of aliphatic hydroxyl groups excluding tert-OH is 2. The lowest BCUT2D eigenvalue weighted by molar-refractivity contribution is 0.0686. The summed E-state index contributed by atoms with van der Waals surface area (Å²) in [4.78, 5) is 30.9. The summed E-state index contributed by atoms with van der Waals surface area (Å²) in [6.07, 6.45) is 5.71. The topological polar surface area (TPSA) is 165 Å². The van der Waals surface area contributed by atoms with Gasteiger partial charge in [0.2, 0.25) is 0 Å². The highest BCUT2D eigenvalue weighted by atomic mass is 79.9. The first kappa shape index (κ1) is 31.9. The van der Waals surface area contributed by atoms with Crippen molar-refractivity contribution in [2.45, 2.75) is 62.8 Å². The van der Waals surface area contributed by atoms with Crippen molar-refractivity contribution in [3.8, 4) is 0 Å². The van der Waals surface area contributed by atoms with Crippen LogP contribution in [0, 0.1) is 11.6 Å². The molecular formula is C30H28Br2F2N4O6. The van der Waals surface area contributed by atoms with E-state index in [9.17, 15) is 38.8 Å². The Balaban J connectivity index is 0.000000175. The predicted molar refractivity (Wildman–Crippen MR) is 167 cm³/mol. The molecule has 0 saturated heterocycles. The van der Waals surface area contributed by atoms with Gasteiger partial charge in [-0.05, 0) is 82.5 Å². The number of fused-ring (bicyclic) bond motifs is 2. The number of halogens is 4. The molecule has 0 unspecified atom stereocenters. The molecule has 0 bridgehead atoms. The summed E-state index contributed by atoms with van der Waals surface area (Å²) < 4.78 is 27.8. The number of anilines is 2. The van der Waals surface area contributed by atoms with E-state index >= 15 is 0 Å². The molecule has 2 aromatic carbocycles. The van der Waals surface area contributed by atoms with Gasteiger partial charge in [0.15, 0.2) is 0 Å². The first-order valence-corrected chi connectivity index (χ1v) is 15.4. The van der Waals surface area contributed by atoms with E-state index < -0.39 is 23.6 Å². The number of nitrogens with one attached hydrogen (secondary N) is 2. The smallest absolute Gasteiger partial charge is 0.339 e. The van der Waals surface area contributed by atoms with Gasteiger partial charge < -0.3 is 31.1 Å². The van der Waals surface area contributed by atoms with Crippen LogP contribution in [0.25, 0.3) is 21.8 Å². The van der Waals surface area contributed by atoms with Crippen LogP contribution in [0.3, 0.4) is 0 Å². The van der Waals surface area contributed by atoms with Crippen molar-refractivity contribution in [2.24, 2.45) is 0 Å². The second-order valence-corrected chi connectivity index (χ2v) is 12.6. The Labute approximate surface area is 266 Å². The lowest BCUT2D eigenvalue weighted by Gasteiger charge is -2.18. The second kappa shape index (κ2) is 13.3. The number of carboxylic acid groups (broad SMARTS) is 2. The van der Waals surface area contributed by atoms with Crippen LogP contribution in [0.1, 0.15) is 59.2 Å². The van der Waals surface area contributed by atoms with Crippen LogP contribution in [0.2, 0.25) is 0 Å². The number of rotatable bonds is 6. The monoisotopic (exact) mass is 736 g/mol. The molecule has 14 heteroatoms. The molecule has 0 aliphatic heterocycles. The van der Waals surface area contributed by atoms with Crippen LogP contribution in [0.15, 0.2) is 45.6 Å². The summed E-state index contributed by atoms with van der Waals surface area (Å²) in [5.74, 6) is -3.11. The summed E-state index contributed by atoms with van der Waals surface area (Å²) in [6, 6.07) is 5.56. The predicted octanol–water partition coefficient (Wildman–Crippen LogP) is 6.32. The fraction of sp³-hybridized carbons (Fsp3) is 0.333. The van der Waals surface area contributed by atoms with E-state index in [0.717, 1.165) is 12.8 Å². The van der Waals surface area contributed by atoms with Crippen LogP contribution in [0.5, 0.6) is 0 Å². The molecule has 2 heterocycles. The quantitative estimate of drug-likeness (QED) is 0.132. The minimum Gasteiger partial charge on any atom is -0.478 e. The third-order valence-corrected chi connectivity index (χ3v) is 9.00. The second-order valence-electron chi connectivity index (χ2n) is 10.9. The molecule has 44 heavy (non-hydrogen) atoms. The molecule has 0 amide bonds. The van der Waals surface area contributed by atoms with E-state index in [2.05, 4.69) is 52.5 Å². The standard InChI is InChI=1S/2C15H14BrFN2O3/c2*16-11-4-9-13(5-12(11)17)18-6-10(15(21)22)14(9)19-7-1-2-8(20)3-7/h2*4-8,20H,1-3H2,(H,18,19)(H,21,22)/t2*7-,8+/m10/s1. The van der Waals surface area contributed by atoms with Crippen molar-refractivity contribution in [2.75, 3.05) is 10.6 Å². The SMILES string of the molecule is O=C(O)c1cnc2cc(F)c(Br)cc2c1N[C@@H]1CC[C@H](O)C1.O=C(O)c1cnc2cc(F)c(Br)cc2c1N[C@H]1CC[C@@H](O)C1. The number of aromatic carboxylic acids is 2. The summed E-state index contributed by atoms with van der Waals surface area (Å²) in [6.45, 7) is 0. The van der Waals surface area contributed by atoms with Gasteiger partial charge in [0.05, 0.1) is 43.6 Å². The first-order chi connectivity index (χ1) is 20.9. The van der Waals surface area contributed by atoms with E-state index in [-0.39, 0.29) is 44.4 Å². The van der Waals surface area contributed by atoms with Crippen LogP contribution < -0.4 is 10.6 Å². The third kappa shape index (κ3) is 6.93. The zero-order chi connectivity index (χ0) is 31.7. The Morgan fingerprint density at radius 3 is 1.41 bits per heavy atom. The Hall–Kier alpha value is -3.46. The maximum Gasteiger partial charge on any atom is 0.339 e. The molecule has 10 nitrogen and oxygen atoms in total. The summed E-state index contributed by atoms with van der Waals surface area (Å²) in [7, 11) is 0. The van der Waals surface area contributed by atoms with Crippen molar-refractivity contribution in [1.29, 1.82) is 0 Å². The number of hydrogen-bond donors (Lipinski definition) is 6. The molecule has 2 aliphatic rings. The average Bonchev–Trinajstić information content (AvgIpc) is 3.57. The van der Waals surface area contributed by atoms with E-state index in [0.29, 0.717) is 58.9 Å². The van der Waals surface area contributed by atoms with Crippen LogP contribution >= 0.6 is 31.9 Å². The normalized spacial score (nSPS) is 21.2. The number of benzene rings is 2. The molecular weight excluding hydrogens is 710 g/mol. The maximum absolute atomic E-state index is 13.6. The molecule has 4 atom stereocenters. The van der Waals surface area contributed by atoms with Gasteiger partial charge in [-0.2, -0.15) is 0 Å². The van der Waals surface area contributed by atoms with Crippen LogP contribution in [0.4, 0.5) is 20.2 Å². The fourth-order valence-electron chi connectivity index (χ4n) is 5.60. The highest BCUT2D eigenvalue weighted by Crippen LogP contribution is 2.34. The number of aliphatic hydroxyl groups is 2. The zero-order valence-corrected chi connectivity index (χ0v) is 26.2. The number of nitrogens with zero attached hydrogens (tertiary/aromatic N) is 2. The first-order valence-electron chi connectivity index (χ1n) is 13.8. The van der Waals surface area contributed by atoms with Gasteiger partial charge in [-0.25, -0.2) is 18.4 Å².